The molecule has 2 nitrogen and oxygen atoms in total. The van der Waals surface area contributed by atoms with Gasteiger partial charge in [-0.15, -0.1) is 28.6 Å². The Balaban J connectivity index is 1.93. The van der Waals surface area contributed by atoms with Crippen molar-refractivity contribution in [1.82, 2.24) is 0 Å². The quantitative estimate of drug-likeness (QED) is 0.190. The van der Waals surface area contributed by atoms with Crippen molar-refractivity contribution in [3.8, 4) is 43.9 Å². The molecule has 0 aliphatic heterocycles. The molecule has 2 heterocycles. The highest BCUT2D eigenvalue weighted by Crippen LogP contribution is 2.60. The number of fused-ring (bicyclic) bond motifs is 2. The van der Waals surface area contributed by atoms with Gasteiger partial charge >= 0.3 is 0 Å². The van der Waals surface area contributed by atoms with E-state index in [1.54, 1.807) is 36.9 Å². The summed E-state index contributed by atoms with van der Waals surface area (Å²) < 4.78 is 13.2. The molecule has 2 atom stereocenters. The third-order valence-corrected chi connectivity index (χ3v) is 15.8. The van der Waals surface area contributed by atoms with Gasteiger partial charge in [-0.05, 0) is 80.0 Å². The zero-order valence-electron chi connectivity index (χ0n) is 26.7. The smallest absolute Gasteiger partial charge is 0.180 e. The fraction of sp³-hybridized carbons (Fsp3) is 0.368. The molecule has 2 unspecified atom stereocenters. The van der Waals surface area contributed by atoms with Gasteiger partial charge in [0.15, 0.2) is 11.2 Å². The third-order valence-electron chi connectivity index (χ3n) is 8.83. The van der Waals surface area contributed by atoms with Gasteiger partial charge in [0.1, 0.15) is 0 Å². The Morgan fingerprint density at radius 1 is 0.628 bits per heavy atom. The minimum Gasteiger partial charge on any atom is -0.357 e. The standard InChI is InChI=1S/C38H42O2S3/c1-10-19-37(39-8)31-17-15-30(36-14-12-22-42-36)25-34(31)38(40-9,20-23-43(26(2)3,27(4)5)28(6)7)32-18-16-29(24-33(32)37)35-13-11-21-41-35/h11-18,21-22,24-28H,1-9H3. The van der Waals surface area contributed by atoms with Gasteiger partial charge in [-0.2, -0.15) is 10.0 Å². The van der Waals surface area contributed by atoms with E-state index in [-0.39, 0.29) is 0 Å². The van der Waals surface area contributed by atoms with Crippen LogP contribution in [0.1, 0.15) is 70.7 Å². The summed E-state index contributed by atoms with van der Waals surface area (Å²) >= 11 is 3.47. The van der Waals surface area contributed by atoms with Crippen molar-refractivity contribution in [2.45, 2.75) is 75.4 Å². The van der Waals surface area contributed by atoms with Crippen molar-refractivity contribution in [1.29, 1.82) is 0 Å². The summed E-state index contributed by atoms with van der Waals surface area (Å²) in [6.07, 6.45) is 0. The first-order valence-corrected chi connectivity index (χ1v) is 18.4. The van der Waals surface area contributed by atoms with Crippen LogP contribution in [-0.2, 0) is 20.7 Å². The van der Waals surface area contributed by atoms with E-state index >= 15 is 0 Å². The molecule has 0 spiro atoms. The molecule has 0 N–H and O–H groups in total. The highest BCUT2D eigenvalue weighted by molar-refractivity contribution is 8.38. The third kappa shape index (κ3) is 5.01. The van der Waals surface area contributed by atoms with E-state index < -0.39 is 21.2 Å². The van der Waals surface area contributed by atoms with Gasteiger partial charge in [0.25, 0.3) is 0 Å². The lowest BCUT2D eigenvalue weighted by Crippen LogP contribution is -2.44. The molecular formula is C38H42O2S3. The molecule has 4 aromatic rings. The topological polar surface area (TPSA) is 18.5 Å². The van der Waals surface area contributed by atoms with Crippen LogP contribution in [0.4, 0.5) is 0 Å². The number of hydrogen-bond acceptors (Lipinski definition) is 4. The van der Waals surface area contributed by atoms with Crippen molar-refractivity contribution in [3.63, 3.8) is 0 Å². The highest BCUT2D eigenvalue weighted by atomic mass is 32.3. The predicted molar refractivity (Wildman–Crippen MR) is 189 cm³/mol. The lowest BCUT2D eigenvalue weighted by molar-refractivity contribution is 0.0331. The van der Waals surface area contributed by atoms with E-state index in [9.17, 15) is 0 Å². The summed E-state index contributed by atoms with van der Waals surface area (Å²) in [5.74, 6) is 10.6. The van der Waals surface area contributed by atoms with Crippen molar-refractivity contribution >= 4 is 32.7 Å². The van der Waals surface area contributed by atoms with Gasteiger partial charge in [0, 0.05) is 46.2 Å². The Hall–Kier alpha value is -2.77. The van der Waals surface area contributed by atoms with E-state index in [2.05, 4.69) is 136 Å². The lowest BCUT2D eigenvalue weighted by atomic mass is 9.67. The number of thiophene rings is 2. The minimum atomic E-state index is -1.34. The van der Waals surface area contributed by atoms with Crippen LogP contribution in [-0.4, -0.2) is 30.0 Å². The lowest BCUT2D eigenvalue weighted by Gasteiger charge is -2.48. The first kappa shape index (κ1) is 31.6. The van der Waals surface area contributed by atoms with Crippen LogP contribution in [0.2, 0.25) is 0 Å². The van der Waals surface area contributed by atoms with E-state index in [1.165, 1.54) is 9.75 Å². The maximum absolute atomic E-state index is 6.73. The Kier molecular flexibility index (Phi) is 9.06. The second kappa shape index (κ2) is 12.3. The zero-order valence-corrected chi connectivity index (χ0v) is 29.2. The molecule has 0 bridgehead atoms. The molecular weight excluding hydrogens is 585 g/mol. The summed E-state index contributed by atoms with van der Waals surface area (Å²) in [7, 11) is 2.23. The summed E-state index contributed by atoms with van der Waals surface area (Å²) in [5, 5.41) is 9.55. The second-order valence-electron chi connectivity index (χ2n) is 11.8. The van der Waals surface area contributed by atoms with Crippen molar-refractivity contribution in [2.75, 3.05) is 14.2 Å². The van der Waals surface area contributed by atoms with E-state index in [0.29, 0.717) is 15.7 Å². The van der Waals surface area contributed by atoms with Gasteiger partial charge in [-0.25, -0.2) is 0 Å². The van der Waals surface area contributed by atoms with Crippen LogP contribution in [0.5, 0.6) is 0 Å². The molecule has 0 radical (unpaired) electrons. The Labute approximate surface area is 268 Å². The SMILES string of the molecule is CC#CC1(OC)c2ccc(-c3cccs3)cc2C(C#CS(C(C)C)(C(C)C)C(C)C)(OC)c2ccc(-c3cccs3)cc21. The molecule has 0 amide bonds. The molecule has 5 heteroatoms. The maximum atomic E-state index is 6.73. The first-order chi connectivity index (χ1) is 20.6. The van der Waals surface area contributed by atoms with Gasteiger partial charge in [-0.1, -0.05) is 83.9 Å². The van der Waals surface area contributed by atoms with Gasteiger partial charge in [-0.3, -0.25) is 0 Å². The summed E-state index contributed by atoms with van der Waals surface area (Å²) in [6, 6.07) is 21.8. The molecule has 1 aliphatic carbocycles. The monoisotopic (exact) mass is 626 g/mol. The molecule has 0 saturated heterocycles. The Morgan fingerprint density at radius 3 is 1.42 bits per heavy atom. The minimum absolute atomic E-state index is 0.444. The van der Waals surface area contributed by atoms with Crippen molar-refractivity contribution in [2.24, 2.45) is 0 Å². The number of benzene rings is 2. The van der Waals surface area contributed by atoms with Crippen LogP contribution in [0, 0.1) is 23.0 Å². The molecule has 224 valence electrons. The van der Waals surface area contributed by atoms with Crippen LogP contribution in [0.3, 0.4) is 0 Å². The second-order valence-corrected chi connectivity index (χ2v) is 18.2. The van der Waals surface area contributed by atoms with E-state index in [1.807, 2.05) is 6.92 Å². The normalized spacial score (nSPS) is 19.8. The van der Waals surface area contributed by atoms with Crippen LogP contribution < -0.4 is 0 Å². The van der Waals surface area contributed by atoms with Gasteiger partial charge in [0.2, 0.25) is 0 Å². The molecule has 1 aliphatic rings. The summed E-state index contributed by atoms with van der Waals surface area (Å²) in [6.45, 7) is 15.9. The van der Waals surface area contributed by atoms with Crippen molar-refractivity contribution < 1.29 is 9.47 Å². The molecule has 2 aromatic heterocycles. The first-order valence-electron chi connectivity index (χ1n) is 14.9. The largest absolute Gasteiger partial charge is 0.357 e. The maximum Gasteiger partial charge on any atom is 0.180 e. The number of methoxy groups -OCH3 is 2. The van der Waals surface area contributed by atoms with Crippen LogP contribution in [0.15, 0.2) is 71.4 Å². The predicted octanol–water partition coefficient (Wildman–Crippen LogP) is 10.3. The molecule has 0 fully saturated rings. The fourth-order valence-corrected chi connectivity index (χ4v) is 12.6. The van der Waals surface area contributed by atoms with Crippen molar-refractivity contribution in [3.05, 3.63) is 93.7 Å². The van der Waals surface area contributed by atoms with Gasteiger partial charge in [0.05, 0.1) is 0 Å². The Bertz CT molecular complexity index is 1690. The highest BCUT2D eigenvalue weighted by Gasteiger charge is 2.51. The summed E-state index contributed by atoms with van der Waals surface area (Å²) in [5.41, 5.74) is 4.27. The van der Waals surface area contributed by atoms with Crippen LogP contribution >= 0.6 is 32.7 Å². The fourth-order valence-electron chi connectivity index (χ4n) is 6.90. The van der Waals surface area contributed by atoms with Gasteiger partial charge < -0.3 is 9.47 Å². The zero-order chi connectivity index (χ0) is 31.0. The Morgan fingerprint density at radius 2 is 1.07 bits per heavy atom. The van der Waals surface area contributed by atoms with E-state index in [4.69, 9.17) is 9.47 Å². The molecule has 43 heavy (non-hydrogen) atoms. The number of hydrogen-bond donors (Lipinski definition) is 0. The number of ether oxygens (including phenoxy) is 2. The molecule has 5 rings (SSSR count). The number of rotatable bonds is 7. The van der Waals surface area contributed by atoms with Crippen LogP contribution in [0.25, 0.3) is 20.9 Å². The molecule has 2 aromatic carbocycles. The summed E-state index contributed by atoms with van der Waals surface area (Å²) in [4.78, 5) is 2.41. The average molecular weight is 627 g/mol. The molecule has 0 saturated carbocycles. The van der Waals surface area contributed by atoms with E-state index in [0.717, 1.165) is 33.4 Å². The average Bonchev–Trinajstić information content (AvgIpc) is 3.73.